The molecule has 2 aromatic rings. The molecule has 1 aliphatic heterocycles. The van der Waals surface area contributed by atoms with Crippen molar-refractivity contribution >= 4 is 23.4 Å². The summed E-state index contributed by atoms with van der Waals surface area (Å²) >= 11 is 5.86. The predicted molar refractivity (Wildman–Crippen MR) is 84.8 cm³/mol. The van der Waals surface area contributed by atoms with Crippen LogP contribution in [0.4, 0.5) is 11.8 Å². The Kier molecular flexibility index (Phi) is 3.81. The van der Waals surface area contributed by atoms with Crippen LogP contribution in [0.3, 0.4) is 0 Å². The first-order valence-electron chi connectivity index (χ1n) is 6.76. The molecule has 21 heavy (non-hydrogen) atoms. The highest BCUT2D eigenvalue weighted by molar-refractivity contribution is 6.30. The lowest BCUT2D eigenvalue weighted by atomic mass is 10.1. The third-order valence-corrected chi connectivity index (χ3v) is 3.74. The van der Waals surface area contributed by atoms with Crippen LogP contribution in [0.5, 0.6) is 0 Å². The number of nitrogens with zero attached hydrogens (tertiary/aromatic N) is 2. The number of hydrogen-bond donors (Lipinski definition) is 3. The lowest BCUT2D eigenvalue weighted by Gasteiger charge is -2.28. The van der Waals surface area contributed by atoms with Crippen LogP contribution in [-0.2, 0) is 0 Å². The number of piperazine rings is 1. The predicted octanol–water partition coefficient (Wildman–Crippen LogP) is 1.08. The zero-order valence-corrected chi connectivity index (χ0v) is 12.2. The van der Waals surface area contributed by atoms with Gasteiger partial charge in [0.15, 0.2) is 0 Å². The monoisotopic (exact) mass is 305 g/mol. The fourth-order valence-electron chi connectivity index (χ4n) is 2.40. The Morgan fingerprint density at radius 3 is 2.48 bits per heavy atom. The Morgan fingerprint density at radius 1 is 1.19 bits per heavy atom. The molecule has 0 saturated carbocycles. The van der Waals surface area contributed by atoms with Crippen LogP contribution >= 0.6 is 11.6 Å². The Morgan fingerprint density at radius 2 is 1.86 bits per heavy atom. The van der Waals surface area contributed by atoms with Crippen molar-refractivity contribution in [3.63, 3.8) is 0 Å². The van der Waals surface area contributed by atoms with Gasteiger partial charge in [0.2, 0.25) is 5.95 Å². The summed E-state index contributed by atoms with van der Waals surface area (Å²) < 4.78 is 0. The molecule has 1 fully saturated rings. The van der Waals surface area contributed by atoms with E-state index in [9.17, 15) is 4.79 Å². The summed E-state index contributed by atoms with van der Waals surface area (Å²) in [4.78, 5) is 21.5. The fraction of sp³-hybridized carbons (Fsp3) is 0.286. The average Bonchev–Trinajstić information content (AvgIpc) is 2.49. The molecule has 110 valence electrons. The normalized spacial score (nSPS) is 15.2. The highest BCUT2D eigenvalue weighted by Crippen LogP contribution is 2.23. The van der Waals surface area contributed by atoms with E-state index in [1.165, 1.54) is 0 Å². The van der Waals surface area contributed by atoms with Crippen molar-refractivity contribution in [3.8, 4) is 11.1 Å². The third-order valence-electron chi connectivity index (χ3n) is 3.48. The van der Waals surface area contributed by atoms with E-state index in [0.717, 1.165) is 26.2 Å². The van der Waals surface area contributed by atoms with Gasteiger partial charge < -0.3 is 16.0 Å². The SMILES string of the molecule is Nc1nc(N2CCNCC2)[nH]c(=O)c1-c1ccc(Cl)cc1. The van der Waals surface area contributed by atoms with Gasteiger partial charge in [-0.25, -0.2) is 0 Å². The molecular weight excluding hydrogens is 290 g/mol. The molecule has 3 rings (SSSR count). The van der Waals surface area contributed by atoms with E-state index in [-0.39, 0.29) is 11.4 Å². The molecule has 6 nitrogen and oxygen atoms in total. The van der Waals surface area contributed by atoms with Gasteiger partial charge in [-0.3, -0.25) is 9.78 Å². The molecule has 0 spiro atoms. The maximum atomic E-state index is 12.3. The van der Waals surface area contributed by atoms with Crippen molar-refractivity contribution in [2.45, 2.75) is 0 Å². The van der Waals surface area contributed by atoms with Gasteiger partial charge in [-0.2, -0.15) is 4.98 Å². The maximum Gasteiger partial charge on any atom is 0.262 e. The number of halogens is 1. The molecule has 0 amide bonds. The number of anilines is 2. The Labute approximate surface area is 126 Å². The first-order valence-corrected chi connectivity index (χ1v) is 7.14. The van der Waals surface area contributed by atoms with Gasteiger partial charge in [-0.1, -0.05) is 23.7 Å². The quantitative estimate of drug-likeness (QED) is 0.773. The zero-order valence-electron chi connectivity index (χ0n) is 11.4. The van der Waals surface area contributed by atoms with Crippen molar-refractivity contribution in [1.82, 2.24) is 15.3 Å². The second-order valence-electron chi connectivity index (χ2n) is 4.89. The van der Waals surface area contributed by atoms with Crippen molar-refractivity contribution in [1.29, 1.82) is 0 Å². The Balaban J connectivity index is 2.00. The molecule has 0 aliphatic carbocycles. The van der Waals surface area contributed by atoms with Gasteiger partial charge in [-0.05, 0) is 17.7 Å². The number of aromatic nitrogens is 2. The van der Waals surface area contributed by atoms with Crippen LogP contribution < -0.4 is 21.5 Å². The number of nitrogens with one attached hydrogen (secondary N) is 2. The van der Waals surface area contributed by atoms with Gasteiger partial charge in [0, 0.05) is 31.2 Å². The Bertz CT molecular complexity index is 692. The first kappa shape index (κ1) is 13.9. The molecule has 0 unspecified atom stereocenters. The van der Waals surface area contributed by atoms with E-state index in [1.54, 1.807) is 24.3 Å². The Hall–Kier alpha value is -2.05. The van der Waals surface area contributed by atoms with Crippen LogP contribution in [0.1, 0.15) is 0 Å². The van der Waals surface area contributed by atoms with Gasteiger partial charge in [-0.15, -0.1) is 0 Å². The minimum Gasteiger partial charge on any atom is -0.383 e. The van der Waals surface area contributed by atoms with Gasteiger partial charge in [0.1, 0.15) is 5.82 Å². The molecule has 0 bridgehead atoms. The van der Waals surface area contributed by atoms with Crippen LogP contribution in [0.25, 0.3) is 11.1 Å². The minimum absolute atomic E-state index is 0.231. The first-order chi connectivity index (χ1) is 10.1. The van der Waals surface area contributed by atoms with Gasteiger partial charge in [0.25, 0.3) is 5.56 Å². The van der Waals surface area contributed by atoms with Crippen molar-refractivity contribution < 1.29 is 0 Å². The fourth-order valence-corrected chi connectivity index (χ4v) is 2.53. The number of nitrogen functional groups attached to an aromatic ring is 1. The van der Waals surface area contributed by atoms with Crippen LogP contribution in [-0.4, -0.2) is 36.1 Å². The van der Waals surface area contributed by atoms with E-state index in [0.29, 0.717) is 22.1 Å². The number of hydrogen-bond acceptors (Lipinski definition) is 5. The summed E-state index contributed by atoms with van der Waals surface area (Å²) in [6.45, 7) is 3.32. The lowest BCUT2D eigenvalue weighted by Crippen LogP contribution is -2.44. The van der Waals surface area contributed by atoms with Crippen LogP contribution in [0, 0.1) is 0 Å². The second-order valence-corrected chi connectivity index (χ2v) is 5.33. The van der Waals surface area contributed by atoms with E-state index in [4.69, 9.17) is 17.3 Å². The molecule has 0 atom stereocenters. The topological polar surface area (TPSA) is 87.0 Å². The van der Waals surface area contributed by atoms with Crippen LogP contribution in [0.15, 0.2) is 29.1 Å². The second kappa shape index (κ2) is 5.75. The minimum atomic E-state index is -0.238. The smallest absolute Gasteiger partial charge is 0.262 e. The molecule has 7 heteroatoms. The highest BCUT2D eigenvalue weighted by Gasteiger charge is 2.16. The number of nitrogens with two attached hydrogens (primary N) is 1. The maximum absolute atomic E-state index is 12.3. The summed E-state index contributed by atoms with van der Waals surface area (Å²) in [6, 6.07) is 6.96. The van der Waals surface area contributed by atoms with E-state index in [2.05, 4.69) is 15.3 Å². The lowest BCUT2D eigenvalue weighted by molar-refractivity contribution is 0.579. The largest absolute Gasteiger partial charge is 0.383 e. The third kappa shape index (κ3) is 2.86. The van der Waals surface area contributed by atoms with E-state index in [1.807, 2.05) is 4.90 Å². The zero-order chi connectivity index (χ0) is 14.8. The number of H-pyrrole nitrogens is 1. The molecule has 1 aliphatic rings. The summed E-state index contributed by atoms with van der Waals surface area (Å²) in [5.74, 6) is 0.756. The molecule has 1 aromatic carbocycles. The van der Waals surface area contributed by atoms with Gasteiger partial charge >= 0.3 is 0 Å². The number of aromatic amines is 1. The highest BCUT2D eigenvalue weighted by atomic mass is 35.5. The molecular formula is C14H16ClN5O. The van der Waals surface area contributed by atoms with E-state index < -0.39 is 0 Å². The van der Waals surface area contributed by atoms with E-state index >= 15 is 0 Å². The molecule has 2 heterocycles. The summed E-state index contributed by atoms with van der Waals surface area (Å²) in [5, 5.41) is 3.86. The molecule has 0 radical (unpaired) electrons. The standard InChI is InChI=1S/C14H16ClN5O/c15-10-3-1-9(2-4-10)11-12(16)18-14(19-13(11)21)20-7-5-17-6-8-20/h1-4,17H,5-8H2,(H3,16,18,19,21). The molecule has 1 aromatic heterocycles. The number of rotatable bonds is 2. The molecule has 4 N–H and O–H groups in total. The summed E-state index contributed by atoms with van der Waals surface area (Å²) in [6.07, 6.45) is 0. The van der Waals surface area contributed by atoms with Crippen molar-refractivity contribution in [3.05, 3.63) is 39.6 Å². The summed E-state index contributed by atoms with van der Waals surface area (Å²) in [7, 11) is 0. The van der Waals surface area contributed by atoms with Crippen LogP contribution in [0.2, 0.25) is 5.02 Å². The molecule has 1 saturated heterocycles. The number of benzene rings is 1. The van der Waals surface area contributed by atoms with Crippen molar-refractivity contribution in [2.24, 2.45) is 0 Å². The summed E-state index contributed by atoms with van der Waals surface area (Å²) in [5.41, 5.74) is 6.84. The van der Waals surface area contributed by atoms with Crippen molar-refractivity contribution in [2.75, 3.05) is 36.8 Å². The van der Waals surface area contributed by atoms with Gasteiger partial charge in [0.05, 0.1) is 5.56 Å². The average molecular weight is 306 g/mol.